The second kappa shape index (κ2) is 6.76. The summed E-state index contributed by atoms with van der Waals surface area (Å²) in [7, 11) is 0. The highest BCUT2D eigenvalue weighted by Gasteiger charge is 2.33. The number of ether oxygens (including phenoxy) is 1. The van der Waals surface area contributed by atoms with E-state index in [1.54, 1.807) is 4.90 Å². The van der Waals surface area contributed by atoms with Gasteiger partial charge in [-0.3, -0.25) is 0 Å². The highest BCUT2D eigenvalue weighted by molar-refractivity contribution is 6.30. The minimum absolute atomic E-state index is 0.105. The van der Waals surface area contributed by atoms with E-state index >= 15 is 0 Å². The molecule has 3 rings (SSSR count). The number of rotatable bonds is 3. The smallest absolute Gasteiger partial charge is 0.433 e. The maximum Gasteiger partial charge on any atom is 0.433 e. The van der Waals surface area contributed by atoms with Gasteiger partial charge in [-0.2, -0.15) is 13.2 Å². The topological polar surface area (TPSA) is 64.0 Å². The van der Waals surface area contributed by atoms with Crippen LogP contribution in [0, 0.1) is 0 Å². The highest BCUT2D eigenvalue weighted by atomic mass is 35.5. The molecule has 10 heteroatoms. The quantitative estimate of drug-likeness (QED) is 0.839. The Morgan fingerprint density at radius 3 is 2.38 bits per heavy atom. The first-order valence-corrected chi connectivity index (χ1v) is 7.58. The third-order valence-corrected chi connectivity index (χ3v) is 3.77. The highest BCUT2D eigenvalue weighted by Crippen LogP contribution is 2.29. The lowest BCUT2D eigenvalue weighted by atomic mass is 10.1. The fourth-order valence-electron chi connectivity index (χ4n) is 2.39. The molecule has 3 heterocycles. The van der Waals surface area contributed by atoms with E-state index in [1.807, 2.05) is 0 Å². The molecule has 0 amide bonds. The van der Waals surface area contributed by atoms with Gasteiger partial charge in [-0.1, -0.05) is 11.6 Å². The molecule has 1 aliphatic rings. The number of anilines is 1. The van der Waals surface area contributed by atoms with Gasteiger partial charge in [-0.15, -0.1) is 0 Å². The van der Waals surface area contributed by atoms with E-state index in [2.05, 4.69) is 19.9 Å². The van der Waals surface area contributed by atoms with Crippen LogP contribution in [-0.4, -0.2) is 39.1 Å². The van der Waals surface area contributed by atoms with Crippen molar-refractivity contribution in [3.05, 3.63) is 35.5 Å². The van der Waals surface area contributed by atoms with Crippen LogP contribution in [0.25, 0.3) is 0 Å². The van der Waals surface area contributed by atoms with Crippen LogP contribution >= 0.6 is 11.6 Å². The monoisotopic (exact) mass is 359 g/mol. The SMILES string of the molecule is FC(F)(F)c1cc(N2CCC(Oc3ncc(Cl)cn3)CC2)ncn1. The number of halogens is 4. The predicted octanol–water partition coefficient (Wildman–Crippen LogP) is 2.99. The third kappa shape index (κ3) is 4.02. The van der Waals surface area contributed by atoms with Gasteiger partial charge in [0, 0.05) is 32.0 Å². The van der Waals surface area contributed by atoms with Crippen molar-refractivity contribution in [2.24, 2.45) is 0 Å². The molecule has 1 fully saturated rings. The standard InChI is InChI=1S/C14H13ClF3N5O/c15-9-6-19-13(20-7-9)24-10-1-3-23(4-2-10)12-5-11(14(16,17)18)21-8-22-12/h5-8,10H,1-4H2. The van der Waals surface area contributed by atoms with Crippen molar-refractivity contribution in [2.45, 2.75) is 25.1 Å². The fourth-order valence-corrected chi connectivity index (χ4v) is 2.49. The Morgan fingerprint density at radius 1 is 1.08 bits per heavy atom. The molecule has 0 atom stereocenters. The summed E-state index contributed by atoms with van der Waals surface area (Å²) in [6, 6.07) is 1.20. The Kier molecular flexibility index (Phi) is 4.70. The maximum atomic E-state index is 12.7. The van der Waals surface area contributed by atoms with Gasteiger partial charge in [0.05, 0.1) is 17.4 Å². The van der Waals surface area contributed by atoms with Crippen LogP contribution in [0.3, 0.4) is 0 Å². The number of piperidine rings is 1. The van der Waals surface area contributed by atoms with Crippen molar-refractivity contribution >= 4 is 17.4 Å². The maximum absolute atomic E-state index is 12.7. The summed E-state index contributed by atoms with van der Waals surface area (Å²) in [5.74, 6) is 0.263. The van der Waals surface area contributed by atoms with Crippen molar-refractivity contribution < 1.29 is 17.9 Å². The van der Waals surface area contributed by atoms with E-state index in [1.165, 1.54) is 12.4 Å². The molecule has 128 valence electrons. The molecular formula is C14H13ClF3N5O. The van der Waals surface area contributed by atoms with Gasteiger partial charge >= 0.3 is 12.2 Å². The minimum Gasteiger partial charge on any atom is -0.460 e. The minimum atomic E-state index is -4.48. The molecule has 0 N–H and O–H groups in total. The Bertz CT molecular complexity index is 690. The average molecular weight is 360 g/mol. The van der Waals surface area contributed by atoms with Crippen LogP contribution in [0.2, 0.25) is 5.02 Å². The molecule has 1 aliphatic heterocycles. The van der Waals surface area contributed by atoms with Gasteiger partial charge in [0.25, 0.3) is 0 Å². The van der Waals surface area contributed by atoms with Gasteiger partial charge in [-0.05, 0) is 0 Å². The van der Waals surface area contributed by atoms with Gasteiger partial charge < -0.3 is 9.64 Å². The summed E-state index contributed by atoms with van der Waals surface area (Å²) in [6.07, 6.45) is 0.477. The van der Waals surface area contributed by atoms with Gasteiger partial charge in [-0.25, -0.2) is 19.9 Å². The van der Waals surface area contributed by atoms with Crippen LogP contribution in [0.4, 0.5) is 19.0 Å². The van der Waals surface area contributed by atoms with E-state index < -0.39 is 11.9 Å². The summed E-state index contributed by atoms with van der Waals surface area (Å²) in [6.45, 7) is 1.04. The summed E-state index contributed by atoms with van der Waals surface area (Å²) in [5.41, 5.74) is -0.944. The fraction of sp³-hybridized carbons (Fsp3) is 0.429. The zero-order valence-corrected chi connectivity index (χ0v) is 13.1. The van der Waals surface area contributed by atoms with E-state index in [0.29, 0.717) is 31.0 Å². The molecule has 0 aromatic carbocycles. The van der Waals surface area contributed by atoms with Crippen LogP contribution in [0.15, 0.2) is 24.8 Å². The zero-order chi connectivity index (χ0) is 17.2. The summed E-state index contributed by atoms with van der Waals surface area (Å²) in [5, 5.41) is 0.418. The Labute approximate surface area is 140 Å². The van der Waals surface area contributed by atoms with E-state index in [9.17, 15) is 13.2 Å². The second-order valence-electron chi connectivity index (χ2n) is 5.25. The van der Waals surface area contributed by atoms with Gasteiger partial charge in [0.1, 0.15) is 23.9 Å². The molecule has 2 aromatic rings. The lowest BCUT2D eigenvalue weighted by molar-refractivity contribution is -0.141. The zero-order valence-electron chi connectivity index (χ0n) is 12.4. The molecule has 0 spiro atoms. The summed E-state index contributed by atoms with van der Waals surface area (Å²) < 4.78 is 43.8. The molecule has 0 bridgehead atoms. The largest absolute Gasteiger partial charge is 0.460 e. The number of nitrogens with zero attached hydrogens (tertiary/aromatic N) is 5. The molecule has 0 unspecified atom stereocenters. The van der Waals surface area contributed by atoms with E-state index in [-0.39, 0.29) is 17.9 Å². The van der Waals surface area contributed by atoms with Crippen LogP contribution in [0.5, 0.6) is 6.01 Å². The Morgan fingerprint density at radius 2 is 1.75 bits per heavy atom. The molecular weight excluding hydrogens is 347 g/mol. The molecule has 0 radical (unpaired) electrons. The molecule has 2 aromatic heterocycles. The van der Waals surface area contributed by atoms with Crippen molar-refractivity contribution in [1.29, 1.82) is 0 Å². The Balaban J connectivity index is 1.60. The van der Waals surface area contributed by atoms with Crippen LogP contribution < -0.4 is 9.64 Å². The van der Waals surface area contributed by atoms with E-state index in [0.717, 1.165) is 12.4 Å². The molecule has 24 heavy (non-hydrogen) atoms. The number of hydrogen-bond donors (Lipinski definition) is 0. The number of alkyl halides is 3. The third-order valence-electron chi connectivity index (χ3n) is 3.58. The van der Waals surface area contributed by atoms with Crippen LogP contribution in [-0.2, 0) is 6.18 Å². The molecule has 1 saturated heterocycles. The van der Waals surface area contributed by atoms with E-state index in [4.69, 9.17) is 16.3 Å². The lowest BCUT2D eigenvalue weighted by Gasteiger charge is -2.32. The molecule has 0 aliphatic carbocycles. The van der Waals surface area contributed by atoms with Gasteiger partial charge in [0.15, 0.2) is 0 Å². The van der Waals surface area contributed by atoms with Crippen molar-refractivity contribution in [3.63, 3.8) is 0 Å². The summed E-state index contributed by atoms with van der Waals surface area (Å²) >= 11 is 5.71. The molecule has 6 nitrogen and oxygen atoms in total. The van der Waals surface area contributed by atoms with Crippen molar-refractivity contribution in [3.8, 4) is 6.01 Å². The normalized spacial score (nSPS) is 16.2. The number of hydrogen-bond acceptors (Lipinski definition) is 6. The average Bonchev–Trinajstić information content (AvgIpc) is 2.57. The summed E-state index contributed by atoms with van der Waals surface area (Å²) in [4.78, 5) is 16.9. The van der Waals surface area contributed by atoms with Gasteiger partial charge in [0.2, 0.25) is 0 Å². The lowest BCUT2D eigenvalue weighted by Crippen LogP contribution is -2.39. The first-order valence-electron chi connectivity index (χ1n) is 7.20. The van der Waals surface area contributed by atoms with Crippen molar-refractivity contribution in [1.82, 2.24) is 19.9 Å². The second-order valence-corrected chi connectivity index (χ2v) is 5.68. The first-order chi connectivity index (χ1) is 11.4. The Hall–Kier alpha value is -2.16. The van der Waals surface area contributed by atoms with Crippen molar-refractivity contribution in [2.75, 3.05) is 18.0 Å². The number of aromatic nitrogens is 4. The molecule has 0 saturated carbocycles. The predicted molar refractivity (Wildman–Crippen MR) is 79.9 cm³/mol. The first kappa shape index (κ1) is 16.7. The van der Waals surface area contributed by atoms with Crippen LogP contribution in [0.1, 0.15) is 18.5 Å².